The Morgan fingerprint density at radius 1 is 0.250 bits per heavy atom. The van der Waals surface area contributed by atoms with Gasteiger partial charge in [0.05, 0.1) is 0 Å². The lowest BCUT2D eigenvalue weighted by Crippen LogP contribution is -2.09. The Hall–Kier alpha value is -8.46. The fourth-order valence-corrected chi connectivity index (χ4v) is 9.40. The van der Waals surface area contributed by atoms with Crippen LogP contribution in [-0.4, -0.2) is 0 Å². The normalized spacial score (nSPS) is 11.4. The van der Waals surface area contributed by atoms with Gasteiger partial charge in [-0.2, -0.15) is 0 Å². The van der Waals surface area contributed by atoms with E-state index in [0.717, 1.165) is 55.7 Å². The third kappa shape index (κ3) is 6.79. The summed E-state index contributed by atoms with van der Waals surface area (Å²) in [7, 11) is 0. The maximum Gasteiger partial charge on any atom is 0.143 e. The van der Waals surface area contributed by atoms with Crippen molar-refractivity contribution >= 4 is 60.5 Å². The van der Waals surface area contributed by atoms with Crippen molar-refractivity contribution in [2.24, 2.45) is 0 Å². The Kier molecular flexibility index (Phi) is 9.20. The second-order valence-corrected chi connectivity index (χ2v) is 16.5. The minimum Gasteiger partial charge on any atom is -0.455 e. The molecule has 2 heteroatoms. The van der Waals surface area contributed by atoms with Crippen LogP contribution in [0.4, 0.5) is 17.1 Å². The van der Waals surface area contributed by atoms with Crippen LogP contribution in [0.5, 0.6) is 0 Å². The van der Waals surface area contributed by atoms with Crippen molar-refractivity contribution in [1.82, 2.24) is 0 Å². The van der Waals surface area contributed by atoms with E-state index < -0.39 is 0 Å². The van der Waals surface area contributed by atoms with Gasteiger partial charge in [0, 0.05) is 33.4 Å². The summed E-state index contributed by atoms with van der Waals surface area (Å²) >= 11 is 0. The van der Waals surface area contributed by atoms with Gasteiger partial charge < -0.3 is 9.32 Å². The predicted octanol–water partition coefficient (Wildman–Crippen LogP) is 17.7. The zero-order chi connectivity index (χ0) is 42.4. The maximum atomic E-state index is 6.45. The monoisotopic (exact) mass is 815 g/mol. The molecule has 0 unspecified atom stereocenters. The fourth-order valence-electron chi connectivity index (χ4n) is 9.40. The first-order valence-electron chi connectivity index (χ1n) is 21.9. The smallest absolute Gasteiger partial charge is 0.143 e. The van der Waals surface area contributed by atoms with Crippen LogP contribution in [0.15, 0.2) is 253 Å². The van der Waals surface area contributed by atoms with E-state index >= 15 is 0 Å². The molecule has 0 aliphatic carbocycles. The summed E-state index contributed by atoms with van der Waals surface area (Å²) in [5.74, 6) is 0. The maximum absolute atomic E-state index is 6.45. The lowest BCUT2D eigenvalue weighted by molar-refractivity contribution is 0.670. The van der Waals surface area contributed by atoms with Crippen LogP contribution in [0.1, 0.15) is 0 Å². The number of nitrogens with zero attached hydrogens (tertiary/aromatic N) is 1. The van der Waals surface area contributed by atoms with Crippen LogP contribution < -0.4 is 4.90 Å². The molecule has 0 amide bonds. The number of para-hydroxylation sites is 2. The molecule has 1 aromatic heterocycles. The Morgan fingerprint density at radius 2 is 0.703 bits per heavy atom. The first-order valence-corrected chi connectivity index (χ1v) is 21.9. The first-order chi connectivity index (χ1) is 31.7. The quantitative estimate of drug-likeness (QED) is 0.142. The van der Waals surface area contributed by atoms with E-state index in [0.29, 0.717) is 0 Å². The number of rotatable bonds is 8. The second kappa shape index (κ2) is 15.8. The third-order valence-electron chi connectivity index (χ3n) is 12.7. The van der Waals surface area contributed by atoms with E-state index in [1.54, 1.807) is 0 Å². The van der Waals surface area contributed by atoms with Gasteiger partial charge in [0.2, 0.25) is 0 Å². The van der Waals surface area contributed by atoms with Crippen molar-refractivity contribution in [1.29, 1.82) is 0 Å². The number of furan rings is 1. The number of hydrogen-bond donors (Lipinski definition) is 0. The Balaban J connectivity index is 0.935. The van der Waals surface area contributed by atoms with Gasteiger partial charge in [0.25, 0.3) is 0 Å². The topological polar surface area (TPSA) is 16.4 Å². The molecule has 0 saturated heterocycles. The molecular weight excluding hydrogens is 775 g/mol. The number of fused-ring (bicyclic) bond motifs is 6. The Bertz CT molecular complexity index is 3570. The first kappa shape index (κ1) is 37.3. The van der Waals surface area contributed by atoms with Crippen molar-refractivity contribution in [3.8, 4) is 55.6 Å². The fraction of sp³-hybridized carbons (Fsp3) is 0. The zero-order valence-corrected chi connectivity index (χ0v) is 35.0. The van der Waals surface area contributed by atoms with E-state index in [-0.39, 0.29) is 0 Å². The molecule has 1 heterocycles. The largest absolute Gasteiger partial charge is 0.455 e. The molecule has 0 aliphatic rings. The highest BCUT2D eigenvalue weighted by Crippen LogP contribution is 2.41. The van der Waals surface area contributed by atoms with Gasteiger partial charge in [-0.05, 0) is 138 Å². The molecule has 0 atom stereocenters. The van der Waals surface area contributed by atoms with Crippen LogP contribution in [0.25, 0.3) is 99.1 Å². The summed E-state index contributed by atoms with van der Waals surface area (Å²) in [5.41, 5.74) is 16.7. The summed E-state index contributed by atoms with van der Waals surface area (Å²) in [5, 5.41) is 7.32. The van der Waals surface area contributed by atoms with Gasteiger partial charge in [0.1, 0.15) is 11.2 Å². The molecule has 0 bridgehead atoms. The molecule has 0 radical (unpaired) electrons. The summed E-state index contributed by atoms with van der Waals surface area (Å²) in [6, 6.07) is 89.7. The van der Waals surface area contributed by atoms with Crippen LogP contribution in [0.2, 0.25) is 0 Å². The standard InChI is InChI=1S/C62H41NO/c1-3-12-42(13-4-1)50-39-51(43-14-5-2-6-15-43)41-52(40-50)45-26-33-54(34-27-45)63(55-35-28-47(29-36-55)58-19-11-20-60-59-18-9-10-21-61(59)64-62(58)60)53-31-24-44(25-32-53)48-30-37-57-49(38-48)23-22-46-16-7-8-17-56(46)57/h1-41H. The summed E-state index contributed by atoms with van der Waals surface area (Å²) in [6.07, 6.45) is 0. The molecule has 11 aromatic carbocycles. The molecule has 12 rings (SSSR count). The van der Waals surface area contributed by atoms with Crippen molar-refractivity contribution in [3.63, 3.8) is 0 Å². The molecule has 0 N–H and O–H groups in total. The van der Waals surface area contributed by atoms with Crippen LogP contribution >= 0.6 is 0 Å². The van der Waals surface area contributed by atoms with Crippen molar-refractivity contribution in [3.05, 3.63) is 249 Å². The van der Waals surface area contributed by atoms with Gasteiger partial charge in [-0.25, -0.2) is 0 Å². The molecule has 0 spiro atoms. The van der Waals surface area contributed by atoms with Crippen LogP contribution in [0.3, 0.4) is 0 Å². The molecule has 0 aliphatic heterocycles. The average molecular weight is 816 g/mol. The summed E-state index contributed by atoms with van der Waals surface area (Å²) in [4.78, 5) is 2.35. The number of benzene rings is 11. The summed E-state index contributed by atoms with van der Waals surface area (Å²) in [6.45, 7) is 0. The SMILES string of the molecule is c1ccc(-c2cc(-c3ccccc3)cc(-c3ccc(N(c4ccc(-c5ccc6c(ccc7ccccc76)c5)cc4)c4ccc(-c5cccc6c5oc5ccccc56)cc4)cc3)c2)cc1. The van der Waals surface area contributed by atoms with Gasteiger partial charge in [-0.3, -0.25) is 0 Å². The molecule has 12 aromatic rings. The molecule has 300 valence electrons. The van der Waals surface area contributed by atoms with E-state index in [2.05, 4.69) is 241 Å². The highest BCUT2D eigenvalue weighted by molar-refractivity contribution is 6.10. The third-order valence-corrected chi connectivity index (χ3v) is 12.7. The van der Waals surface area contributed by atoms with Gasteiger partial charge >= 0.3 is 0 Å². The minimum absolute atomic E-state index is 0.903. The van der Waals surface area contributed by atoms with Crippen molar-refractivity contribution in [2.45, 2.75) is 0 Å². The number of anilines is 3. The lowest BCUT2D eigenvalue weighted by atomic mass is 9.93. The molecule has 64 heavy (non-hydrogen) atoms. The van der Waals surface area contributed by atoms with E-state index in [4.69, 9.17) is 4.42 Å². The molecule has 0 fully saturated rings. The van der Waals surface area contributed by atoms with E-state index in [9.17, 15) is 0 Å². The Labute approximate surface area is 372 Å². The second-order valence-electron chi connectivity index (χ2n) is 16.5. The number of hydrogen-bond acceptors (Lipinski definition) is 2. The van der Waals surface area contributed by atoms with Crippen molar-refractivity contribution < 1.29 is 4.42 Å². The Morgan fingerprint density at radius 3 is 1.33 bits per heavy atom. The highest BCUT2D eigenvalue weighted by atomic mass is 16.3. The van der Waals surface area contributed by atoms with Crippen LogP contribution in [0, 0.1) is 0 Å². The average Bonchev–Trinajstić information content (AvgIpc) is 3.76. The minimum atomic E-state index is 0.903. The molecule has 2 nitrogen and oxygen atoms in total. The molecular formula is C62H41NO. The van der Waals surface area contributed by atoms with Crippen LogP contribution in [-0.2, 0) is 0 Å². The van der Waals surface area contributed by atoms with E-state index in [1.165, 1.54) is 60.5 Å². The highest BCUT2D eigenvalue weighted by Gasteiger charge is 2.17. The van der Waals surface area contributed by atoms with Crippen molar-refractivity contribution in [2.75, 3.05) is 4.90 Å². The van der Waals surface area contributed by atoms with Gasteiger partial charge in [0.15, 0.2) is 0 Å². The van der Waals surface area contributed by atoms with Gasteiger partial charge in [-0.1, -0.05) is 182 Å². The molecule has 0 saturated carbocycles. The van der Waals surface area contributed by atoms with Gasteiger partial charge in [-0.15, -0.1) is 0 Å². The predicted molar refractivity (Wildman–Crippen MR) is 271 cm³/mol. The lowest BCUT2D eigenvalue weighted by Gasteiger charge is -2.26. The summed E-state index contributed by atoms with van der Waals surface area (Å²) < 4.78 is 6.45. The zero-order valence-electron chi connectivity index (χ0n) is 35.0. The van der Waals surface area contributed by atoms with E-state index in [1.807, 2.05) is 12.1 Å².